The quantitative estimate of drug-likeness (QED) is 0.741. The van der Waals surface area contributed by atoms with E-state index in [2.05, 4.69) is 18.1 Å². The van der Waals surface area contributed by atoms with E-state index in [1.54, 1.807) is 18.6 Å². The summed E-state index contributed by atoms with van der Waals surface area (Å²) in [6.07, 6.45) is 12.8. The molecule has 0 aliphatic rings. The van der Waals surface area contributed by atoms with Gasteiger partial charge in [-0.3, -0.25) is 0 Å². The van der Waals surface area contributed by atoms with Crippen LogP contribution in [0, 0.1) is 0 Å². The molecule has 0 bridgehead atoms. The Morgan fingerprint density at radius 1 is 1.47 bits per heavy atom. The van der Waals surface area contributed by atoms with Gasteiger partial charge in [-0.15, -0.1) is 0 Å². The number of nitrogens with two attached hydrogens (primary N) is 1. The molecule has 0 radical (unpaired) electrons. The van der Waals surface area contributed by atoms with Crippen molar-refractivity contribution in [2.24, 2.45) is 5.73 Å². The van der Waals surface area contributed by atoms with Gasteiger partial charge in [-0.25, -0.2) is 4.98 Å². The number of imidazole rings is 1. The van der Waals surface area contributed by atoms with Crippen molar-refractivity contribution in [2.45, 2.75) is 0 Å². The zero-order chi connectivity index (χ0) is 11.1. The summed E-state index contributed by atoms with van der Waals surface area (Å²) in [5.41, 5.74) is 7.29. The van der Waals surface area contributed by atoms with Crippen LogP contribution in [0.4, 0.5) is 0 Å². The first-order valence-corrected chi connectivity index (χ1v) is 4.66. The molecule has 3 nitrogen and oxygen atoms in total. The third-order valence-electron chi connectivity index (χ3n) is 1.87. The van der Waals surface area contributed by atoms with Crippen molar-refractivity contribution in [3.63, 3.8) is 0 Å². The highest BCUT2D eigenvalue weighted by atomic mass is 15.1. The van der Waals surface area contributed by atoms with Crippen molar-refractivity contribution in [3.05, 3.63) is 55.7 Å². The second kappa shape index (κ2) is 5.78. The standard InChI is InChI=1S/C12H15N3/c1-3-4-5-6-7-12-9-14-10-15(12)11(2)8-13/h3-7,9-10H,1-2,8,13H2/b5-4-,7-6-. The summed E-state index contributed by atoms with van der Waals surface area (Å²) in [5.74, 6) is 0. The summed E-state index contributed by atoms with van der Waals surface area (Å²) in [6.45, 7) is 7.85. The molecule has 1 rings (SSSR count). The van der Waals surface area contributed by atoms with Gasteiger partial charge in [-0.05, 0) is 6.08 Å². The molecule has 0 fully saturated rings. The van der Waals surface area contributed by atoms with Gasteiger partial charge in [-0.1, -0.05) is 37.5 Å². The molecule has 3 heteroatoms. The molecule has 0 aromatic carbocycles. The topological polar surface area (TPSA) is 43.8 Å². The molecule has 0 spiro atoms. The van der Waals surface area contributed by atoms with Crippen LogP contribution in [0.2, 0.25) is 0 Å². The third-order valence-corrected chi connectivity index (χ3v) is 1.87. The Bertz CT molecular complexity index is 397. The average molecular weight is 201 g/mol. The predicted octanol–water partition coefficient (Wildman–Crippen LogP) is 2.07. The summed E-state index contributed by atoms with van der Waals surface area (Å²) < 4.78 is 1.86. The Balaban J connectivity index is 2.81. The molecule has 0 saturated heterocycles. The largest absolute Gasteiger partial charge is 0.325 e. The molecule has 78 valence electrons. The smallest absolute Gasteiger partial charge is 0.0994 e. The third kappa shape index (κ3) is 3.07. The summed E-state index contributed by atoms with van der Waals surface area (Å²) in [7, 11) is 0. The molecule has 0 aliphatic carbocycles. The normalized spacial score (nSPS) is 11.3. The molecule has 0 unspecified atom stereocenters. The highest BCUT2D eigenvalue weighted by molar-refractivity contribution is 5.55. The van der Waals surface area contributed by atoms with Gasteiger partial charge in [0.25, 0.3) is 0 Å². The summed E-state index contributed by atoms with van der Waals surface area (Å²) >= 11 is 0. The minimum atomic E-state index is 0.416. The number of hydrogen-bond donors (Lipinski definition) is 1. The van der Waals surface area contributed by atoms with E-state index in [9.17, 15) is 0 Å². The minimum absolute atomic E-state index is 0.416. The predicted molar refractivity (Wildman–Crippen MR) is 65.0 cm³/mol. The lowest BCUT2D eigenvalue weighted by Gasteiger charge is -2.05. The number of rotatable bonds is 5. The first kappa shape index (κ1) is 11.2. The van der Waals surface area contributed by atoms with Crippen molar-refractivity contribution < 1.29 is 0 Å². The fourth-order valence-electron chi connectivity index (χ4n) is 1.09. The molecule has 1 aromatic heterocycles. The summed E-state index contributed by atoms with van der Waals surface area (Å²) in [6, 6.07) is 0. The van der Waals surface area contributed by atoms with Crippen molar-refractivity contribution in [1.29, 1.82) is 0 Å². The summed E-state index contributed by atoms with van der Waals surface area (Å²) in [5, 5.41) is 0. The van der Waals surface area contributed by atoms with Crippen molar-refractivity contribution in [1.82, 2.24) is 9.55 Å². The highest BCUT2D eigenvalue weighted by Gasteiger charge is 1.99. The van der Waals surface area contributed by atoms with Gasteiger partial charge in [-0.2, -0.15) is 0 Å². The molecule has 2 N–H and O–H groups in total. The first-order chi connectivity index (χ1) is 7.29. The molecule has 0 aliphatic heterocycles. The Morgan fingerprint density at radius 3 is 2.93 bits per heavy atom. The number of nitrogens with zero attached hydrogens (tertiary/aromatic N) is 2. The Kier molecular flexibility index (Phi) is 4.31. The van der Waals surface area contributed by atoms with E-state index in [-0.39, 0.29) is 0 Å². The van der Waals surface area contributed by atoms with Crippen LogP contribution in [-0.4, -0.2) is 16.1 Å². The van der Waals surface area contributed by atoms with Gasteiger partial charge in [0.05, 0.1) is 18.2 Å². The van der Waals surface area contributed by atoms with Gasteiger partial charge in [0, 0.05) is 12.2 Å². The van der Waals surface area contributed by atoms with Crippen molar-refractivity contribution in [2.75, 3.05) is 6.54 Å². The fraction of sp³-hybridized carbons (Fsp3) is 0.0833. The first-order valence-electron chi connectivity index (χ1n) is 4.66. The van der Waals surface area contributed by atoms with Crippen LogP contribution < -0.4 is 5.73 Å². The lowest BCUT2D eigenvalue weighted by Crippen LogP contribution is -2.07. The fourth-order valence-corrected chi connectivity index (χ4v) is 1.09. The second-order valence-electron chi connectivity index (χ2n) is 2.94. The number of allylic oxidation sites excluding steroid dienone is 4. The van der Waals surface area contributed by atoms with Gasteiger partial charge in [0.2, 0.25) is 0 Å². The molecule has 0 amide bonds. The molecule has 0 saturated carbocycles. The van der Waals surface area contributed by atoms with E-state index in [1.807, 2.05) is 28.9 Å². The Labute approximate surface area is 89.9 Å². The van der Waals surface area contributed by atoms with Crippen LogP contribution >= 0.6 is 0 Å². The van der Waals surface area contributed by atoms with E-state index in [1.165, 1.54) is 0 Å². The molecule has 0 atom stereocenters. The SMILES string of the molecule is C=C/C=C\C=C/c1cncn1C(=C)CN. The van der Waals surface area contributed by atoms with Crippen LogP contribution in [0.3, 0.4) is 0 Å². The zero-order valence-corrected chi connectivity index (χ0v) is 8.63. The van der Waals surface area contributed by atoms with Crippen molar-refractivity contribution >= 4 is 11.8 Å². The van der Waals surface area contributed by atoms with Gasteiger partial charge in [0.1, 0.15) is 0 Å². The number of aromatic nitrogens is 2. The van der Waals surface area contributed by atoms with E-state index in [0.29, 0.717) is 6.54 Å². The molecular weight excluding hydrogens is 186 g/mol. The van der Waals surface area contributed by atoms with E-state index < -0.39 is 0 Å². The maximum Gasteiger partial charge on any atom is 0.0994 e. The highest BCUT2D eigenvalue weighted by Crippen LogP contribution is 2.07. The molecule has 1 aromatic rings. The van der Waals surface area contributed by atoms with Crippen LogP contribution in [0.25, 0.3) is 11.8 Å². The van der Waals surface area contributed by atoms with Crippen LogP contribution in [0.5, 0.6) is 0 Å². The maximum atomic E-state index is 5.51. The monoisotopic (exact) mass is 201 g/mol. The van der Waals surface area contributed by atoms with E-state index >= 15 is 0 Å². The van der Waals surface area contributed by atoms with Gasteiger partial charge < -0.3 is 10.3 Å². The van der Waals surface area contributed by atoms with Gasteiger partial charge in [0.15, 0.2) is 0 Å². The van der Waals surface area contributed by atoms with Crippen molar-refractivity contribution in [3.8, 4) is 0 Å². The zero-order valence-electron chi connectivity index (χ0n) is 8.63. The minimum Gasteiger partial charge on any atom is -0.325 e. The molecule has 15 heavy (non-hydrogen) atoms. The molecule has 1 heterocycles. The lowest BCUT2D eigenvalue weighted by molar-refractivity contribution is 1.02. The van der Waals surface area contributed by atoms with E-state index in [0.717, 1.165) is 11.4 Å². The lowest BCUT2D eigenvalue weighted by atomic mass is 10.3. The van der Waals surface area contributed by atoms with Gasteiger partial charge >= 0.3 is 0 Å². The maximum absolute atomic E-state index is 5.51. The van der Waals surface area contributed by atoms with E-state index in [4.69, 9.17) is 5.73 Å². The van der Waals surface area contributed by atoms with Crippen LogP contribution in [0.1, 0.15) is 5.69 Å². The second-order valence-corrected chi connectivity index (χ2v) is 2.94. The van der Waals surface area contributed by atoms with Crippen LogP contribution in [0.15, 0.2) is 50.0 Å². The number of hydrogen-bond acceptors (Lipinski definition) is 2. The summed E-state index contributed by atoms with van der Waals surface area (Å²) in [4.78, 5) is 4.04. The molecular formula is C12H15N3. The Hall–Kier alpha value is -1.87. The average Bonchev–Trinajstić information content (AvgIpc) is 2.71. The Morgan fingerprint density at radius 2 is 2.27 bits per heavy atom. The van der Waals surface area contributed by atoms with Crippen LogP contribution in [-0.2, 0) is 0 Å².